The second-order valence-corrected chi connectivity index (χ2v) is 5.30. The van der Waals surface area contributed by atoms with Crippen LogP contribution in [0.3, 0.4) is 0 Å². The highest BCUT2D eigenvalue weighted by atomic mass is 19.1. The first-order valence-corrected chi connectivity index (χ1v) is 7.39. The fourth-order valence-corrected chi connectivity index (χ4v) is 2.49. The maximum Gasteiger partial charge on any atom is 0.123 e. The third-order valence-electron chi connectivity index (χ3n) is 3.62. The van der Waals surface area contributed by atoms with E-state index in [1.165, 1.54) is 17.7 Å². The fraction of sp³-hybridized carbons (Fsp3) is 0.100. The van der Waals surface area contributed by atoms with E-state index in [2.05, 4.69) is 41.3 Å². The van der Waals surface area contributed by atoms with Gasteiger partial charge in [-0.3, -0.25) is 0 Å². The Hall–Kier alpha value is -2.61. The third-order valence-corrected chi connectivity index (χ3v) is 3.62. The van der Waals surface area contributed by atoms with Crippen molar-refractivity contribution in [2.24, 2.45) is 0 Å². The van der Waals surface area contributed by atoms with Gasteiger partial charge in [-0.15, -0.1) is 0 Å². The minimum atomic E-state index is -0.196. The second-order valence-electron chi connectivity index (χ2n) is 5.30. The Bertz CT molecular complexity index is 693. The van der Waals surface area contributed by atoms with Crippen LogP contribution < -0.4 is 4.90 Å². The molecular formula is C20H18FN. The highest BCUT2D eigenvalue weighted by molar-refractivity contribution is 5.47. The summed E-state index contributed by atoms with van der Waals surface area (Å²) in [4.78, 5) is 2.29. The van der Waals surface area contributed by atoms with Crippen LogP contribution in [0, 0.1) is 5.82 Å². The number of anilines is 1. The van der Waals surface area contributed by atoms with E-state index in [9.17, 15) is 4.39 Å². The minimum Gasteiger partial charge on any atom is -0.363 e. The maximum absolute atomic E-state index is 13.1. The van der Waals surface area contributed by atoms with Gasteiger partial charge in [0.25, 0.3) is 0 Å². The van der Waals surface area contributed by atoms with Crippen LogP contribution in [0.5, 0.6) is 0 Å². The van der Waals surface area contributed by atoms with E-state index >= 15 is 0 Å². The van der Waals surface area contributed by atoms with Crippen molar-refractivity contribution in [1.82, 2.24) is 0 Å². The van der Waals surface area contributed by atoms with Gasteiger partial charge in [-0.25, -0.2) is 4.39 Å². The lowest BCUT2D eigenvalue weighted by Gasteiger charge is -2.25. The van der Waals surface area contributed by atoms with Gasteiger partial charge in [-0.05, 0) is 35.4 Å². The van der Waals surface area contributed by atoms with E-state index in [4.69, 9.17) is 0 Å². The van der Waals surface area contributed by atoms with Crippen LogP contribution in [-0.2, 0) is 13.1 Å². The normalized spacial score (nSPS) is 10.4. The first-order valence-electron chi connectivity index (χ1n) is 7.39. The van der Waals surface area contributed by atoms with E-state index in [0.29, 0.717) is 0 Å². The summed E-state index contributed by atoms with van der Waals surface area (Å²) in [5.74, 6) is -0.196. The summed E-state index contributed by atoms with van der Waals surface area (Å²) < 4.78 is 13.1. The van der Waals surface area contributed by atoms with Gasteiger partial charge in [0, 0.05) is 18.8 Å². The zero-order chi connectivity index (χ0) is 15.2. The Morgan fingerprint density at radius 1 is 0.591 bits per heavy atom. The first kappa shape index (κ1) is 14.3. The highest BCUT2D eigenvalue weighted by Crippen LogP contribution is 2.20. The number of halogens is 1. The molecule has 0 heterocycles. The molecule has 0 spiro atoms. The molecule has 3 aromatic carbocycles. The molecule has 3 rings (SSSR count). The van der Waals surface area contributed by atoms with Crippen LogP contribution in [0.15, 0.2) is 84.9 Å². The molecule has 0 bridgehead atoms. The topological polar surface area (TPSA) is 3.24 Å². The van der Waals surface area contributed by atoms with Gasteiger partial charge in [0.1, 0.15) is 5.82 Å². The summed E-state index contributed by atoms with van der Waals surface area (Å²) in [6, 6.07) is 27.4. The predicted octanol–water partition coefficient (Wildman–Crippen LogP) is 5.03. The van der Waals surface area contributed by atoms with Crippen molar-refractivity contribution in [2.45, 2.75) is 13.1 Å². The average Bonchev–Trinajstić information content (AvgIpc) is 2.58. The summed E-state index contributed by atoms with van der Waals surface area (Å²) in [6.07, 6.45) is 0. The summed E-state index contributed by atoms with van der Waals surface area (Å²) in [6.45, 7) is 1.57. The van der Waals surface area contributed by atoms with Crippen molar-refractivity contribution in [1.29, 1.82) is 0 Å². The van der Waals surface area contributed by atoms with Crippen molar-refractivity contribution in [3.05, 3.63) is 102 Å². The molecule has 3 aromatic rings. The summed E-state index contributed by atoms with van der Waals surface area (Å²) in [7, 11) is 0. The fourth-order valence-electron chi connectivity index (χ4n) is 2.49. The van der Waals surface area contributed by atoms with Crippen LogP contribution in [0.4, 0.5) is 10.1 Å². The molecule has 110 valence electrons. The molecule has 0 radical (unpaired) electrons. The summed E-state index contributed by atoms with van der Waals surface area (Å²) in [5.41, 5.74) is 3.52. The molecule has 0 aliphatic carbocycles. The molecule has 0 fully saturated rings. The summed E-state index contributed by atoms with van der Waals surface area (Å²) in [5, 5.41) is 0. The van der Waals surface area contributed by atoms with Gasteiger partial charge in [-0.2, -0.15) is 0 Å². The van der Waals surface area contributed by atoms with E-state index < -0.39 is 0 Å². The van der Waals surface area contributed by atoms with Gasteiger partial charge in [0.15, 0.2) is 0 Å². The summed E-state index contributed by atoms with van der Waals surface area (Å²) >= 11 is 0. The van der Waals surface area contributed by atoms with Gasteiger partial charge in [0.05, 0.1) is 0 Å². The number of nitrogens with zero attached hydrogens (tertiary/aromatic N) is 1. The molecule has 0 unspecified atom stereocenters. The van der Waals surface area contributed by atoms with Crippen molar-refractivity contribution in [3.8, 4) is 0 Å². The highest BCUT2D eigenvalue weighted by Gasteiger charge is 2.08. The Kier molecular flexibility index (Phi) is 4.50. The minimum absolute atomic E-state index is 0.196. The molecule has 0 aliphatic rings. The molecule has 2 heteroatoms. The zero-order valence-corrected chi connectivity index (χ0v) is 12.3. The SMILES string of the molecule is Fc1ccc(CN(Cc2ccccc2)c2ccccc2)cc1. The van der Waals surface area contributed by atoms with Crippen molar-refractivity contribution in [3.63, 3.8) is 0 Å². The first-order chi connectivity index (χ1) is 10.8. The molecule has 0 saturated heterocycles. The van der Waals surface area contributed by atoms with E-state index in [1.54, 1.807) is 0 Å². The van der Waals surface area contributed by atoms with Gasteiger partial charge in [0.2, 0.25) is 0 Å². The third kappa shape index (κ3) is 3.73. The number of para-hydroxylation sites is 1. The molecule has 0 atom stereocenters. The molecule has 0 saturated carbocycles. The van der Waals surface area contributed by atoms with Crippen LogP contribution in [0.1, 0.15) is 11.1 Å². The maximum atomic E-state index is 13.1. The molecular weight excluding hydrogens is 273 g/mol. The van der Waals surface area contributed by atoms with Crippen molar-refractivity contribution >= 4 is 5.69 Å². The number of hydrogen-bond donors (Lipinski definition) is 0. The molecule has 22 heavy (non-hydrogen) atoms. The lowest BCUT2D eigenvalue weighted by atomic mass is 10.1. The molecule has 0 N–H and O–H groups in total. The molecule has 0 amide bonds. The van der Waals surface area contributed by atoms with E-state index in [1.807, 2.05) is 36.4 Å². The van der Waals surface area contributed by atoms with E-state index in [-0.39, 0.29) is 5.82 Å². The second kappa shape index (κ2) is 6.90. The molecule has 1 nitrogen and oxygen atoms in total. The number of hydrogen-bond acceptors (Lipinski definition) is 1. The zero-order valence-electron chi connectivity index (χ0n) is 12.3. The van der Waals surface area contributed by atoms with Crippen LogP contribution >= 0.6 is 0 Å². The van der Waals surface area contributed by atoms with Gasteiger partial charge >= 0.3 is 0 Å². The molecule has 0 aromatic heterocycles. The monoisotopic (exact) mass is 291 g/mol. The Morgan fingerprint density at radius 3 is 1.68 bits per heavy atom. The van der Waals surface area contributed by atoms with E-state index in [0.717, 1.165) is 24.3 Å². The van der Waals surface area contributed by atoms with Crippen LogP contribution in [0.2, 0.25) is 0 Å². The predicted molar refractivity (Wildman–Crippen MR) is 89.2 cm³/mol. The average molecular weight is 291 g/mol. The smallest absolute Gasteiger partial charge is 0.123 e. The van der Waals surface area contributed by atoms with Crippen molar-refractivity contribution < 1.29 is 4.39 Å². The molecule has 0 aliphatic heterocycles. The number of benzene rings is 3. The Labute approximate surface area is 130 Å². The number of rotatable bonds is 5. The van der Waals surface area contributed by atoms with Gasteiger partial charge < -0.3 is 4.90 Å². The Morgan fingerprint density at radius 2 is 1.09 bits per heavy atom. The van der Waals surface area contributed by atoms with Crippen LogP contribution in [-0.4, -0.2) is 0 Å². The standard InChI is InChI=1S/C20H18FN/c21-19-13-11-18(12-14-19)16-22(20-9-5-2-6-10-20)15-17-7-3-1-4-8-17/h1-14H,15-16H2. The van der Waals surface area contributed by atoms with Crippen LogP contribution in [0.25, 0.3) is 0 Å². The lowest BCUT2D eigenvalue weighted by molar-refractivity contribution is 0.626. The largest absolute Gasteiger partial charge is 0.363 e. The van der Waals surface area contributed by atoms with Gasteiger partial charge in [-0.1, -0.05) is 60.7 Å². The quantitative estimate of drug-likeness (QED) is 0.637. The van der Waals surface area contributed by atoms with Crippen molar-refractivity contribution in [2.75, 3.05) is 4.90 Å². The Balaban J connectivity index is 1.84. The lowest BCUT2D eigenvalue weighted by Crippen LogP contribution is -2.22.